The molecule has 1 aliphatic carbocycles. The monoisotopic (exact) mass is 237 g/mol. The van der Waals surface area contributed by atoms with E-state index in [1.54, 1.807) is 6.20 Å². The van der Waals surface area contributed by atoms with Crippen molar-refractivity contribution in [3.05, 3.63) is 23.1 Å². The molecule has 2 heterocycles. The molecule has 0 spiro atoms. The molecule has 0 aliphatic heterocycles. The minimum atomic E-state index is 0.562. The molecule has 0 unspecified atom stereocenters. The number of aryl methyl sites for hydroxylation is 1. The van der Waals surface area contributed by atoms with Crippen LogP contribution in [0, 0.1) is 6.92 Å². The van der Waals surface area contributed by atoms with Crippen LogP contribution in [0.1, 0.15) is 38.4 Å². The van der Waals surface area contributed by atoms with Gasteiger partial charge in [-0.15, -0.1) is 0 Å². The normalized spacial score (nSPS) is 14.8. The molecule has 0 aromatic carbocycles. The quantitative estimate of drug-likeness (QED) is 0.708. The van der Waals surface area contributed by atoms with E-state index in [4.69, 9.17) is 11.6 Å². The largest absolute Gasteiger partial charge is 0.261 e. The maximum atomic E-state index is 6.04. The summed E-state index contributed by atoms with van der Waals surface area (Å²) in [4.78, 5) is 4.07. The van der Waals surface area contributed by atoms with Crippen molar-refractivity contribution in [2.75, 3.05) is 0 Å². The Morgan fingerprint density at radius 3 is 2.69 bits per heavy atom. The second kappa shape index (κ2) is 4.42. The second-order valence-corrected chi connectivity index (χ2v) is 4.12. The van der Waals surface area contributed by atoms with Crippen LogP contribution < -0.4 is 0 Å². The lowest BCUT2D eigenvalue weighted by Gasteiger charge is -1.98. The molecule has 0 amide bonds. The van der Waals surface area contributed by atoms with E-state index in [2.05, 4.69) is 14.8 Å². The highest BCUT2D eigenvalue weighted by atomic mass is 35.5. The number of hydrogen-bond donors (Lipinski definition) is 0. The van der Waals surface area contributed by atoms with Gasteiger partial charge in [-0.2, -0.15) is 5.10 Å². The number of nitrogens with zero attached hydrogens (tertiary/aromatic N) is 3. The van der Waals surface area contributed by atoms with Gasteiger partial charge in [-0.05, 0) is 25.8 Å². The molecule has 1 aliphatic rings. The van der Waals surface area contributed by atoms with Gasteiger partial charge in [0.05, 0.1) is 22.6 Å². The Kier molecular flexibility index (Phi) is 3.15. The highest BCUT2D eigenvalue weighted by Gasteiger charge is 2.27. The lowest BCUT2D eigenvalue weighted by molar-refractivity contribution is 0.658. The van der Waals surface area contributed by atoms with Crippen LogP contribution in [0.5, 0.6) is 0 Å². The van der Waals surface area contributed by atoms with Gasteiger partial charge in [0.25, 0.3) is 0 Å². The summed E-state index contributed by atoms with van der Waals surface area (Å²) in [7, 11) is 0. The molecule has 1 fully saturated rings. The summed E-state index contributed by atoms with van der Waals surface area (Å²) in [6, 6.07) is 2.57. The van der Waals surface area contributed by atoms with E-state index in [1.165, 1.54) is 12.8 Å². The van der Waals surface area contributed by atoms with Crippen LogP contribution in [0.2, 0.25) is 5.15 Å². The predicted octanol–water partition coefficient (Wildman–Crippen LogP) is 3.75. The van der Waals surface area contributed by atoms with Gasteiger partial charge in [-0.3, -0.25) is 4.68 Å². The van der Waals surface area contributed by atoms with Crippen molar-refractivity contribution in [1.82, 2.24) is 14.8 Å². The lowest BCUT2D eigenvalue weighted by atomic mass is 10.3. The molecule has 0 N–H and O–H groups in total. The summed E-state index contributed by atoms with van der Waals surface area (Å²) in [5.74, 6) is 0. The maximum Gasteiger partial charge on any atom is 0.140 e. The van der Waals surface area contributed by atoms with Crippen LogP contribution in [-0.4, -0.2) is 14.8 Å². The molecule has 0 saturated heterocycles. The van der Waals surface area contributed by atoms with Crippen LogP contribution in [0.4, 0.5) is 0 Å². The van der Waals surface area contributed by atoms with E-state index in [1.807, 2.05) is 26.8 Å². The fourth-order valence-corrected chi connectivity index (χ4v) is 2.11. The number of aromatic nitrogens is 3. The molecule has 86 valence electrons. The van der Waals surface area contributed by atoms with Gasteiger partial charge in [0, 0.05) is 6.20 Å². The van der Waals surface area contributed by atoms with Crippen molar-refractivity contribution < 1.29 is 0 Å². The number of fused-ring (bicyclic) bond motifs is 1. The number of pyridine rings is 1. The fraction of sp³-hybridized carbons (Fsp3) is 0.500. The Morgan fingerprint density at radius 2 is 2.06 bits per heavy atom. The van der Waals surface area contributed by atoms with E-state index in [0.717, 1.165) is 16.6 Å². The molecule has 0 atom stereocenters. The highest BCUT2D eigenvalue weighted by Crippen LogP contribution is 2.38. The van der Waals surface area contributed by atoms with Crippen molar-refractivity contribution in [2.24, 2.45) is 0 Å². The van der Waals surface area contributed by atoms with Crippen molar-refractivity contribution in [2.45, 2.75) is 39.7 Å². The smallest absolute Gasteiger partial charge is 0.140 e. The van der Waals surface area contributed by atoms with E-state index in [0.29, 0.717) is 11.2 Å². The maximum absolute atomic E-state index is 6.04. The summed E-state index contributed by atoms with van der Waals surface area (Å²) >= 11 is 6.04. The summed E-state index contributed by atoms with van der Waals surface area (Å²) in [6.45, 7) is 5.98. The van der Waals surface area contributed by atoms with Gasteiger partial charge < -0.3 is 0 Å². The van der Waals surface area contributed by atoms with E-state index in [9.17, 15) is 0 Å². The minimum Gasteiger partial charge on any atom is -0.261 e. The zero-order valence-corrected chi connectivity index (χ0v) is 10.6. The molecule has 0 bridgehead atoms. The molecule has 4 heteroatoms. The van der Waals surface area contributed by atoms with Crippen molar-refractivity contribution in [3.8, 4) is 0 Å². The topological polar surface area (TPSA) is 30.7 Å². The number of rotatable bonds is 1. The molecular weight excluding hydrogens is 222 g/mol. The number of halogens is 1. The highest BCUT2D eigenvalue weighted by molar-refractivity contribution is 6.34. The first-order chi connectivity index (χ1) is 7.77. The molecule has 0 radical (unpaired) electrons. The Hall–Kier alpha value is -1.09. The molecular formula is C12H16ClN3. The SMILES string of the molecule is CC.Cc1nn(C2CC2)c2ccnc(Cl)c12. The standard InChI is InChI=1S/C10H10ClN3.C2H6/c1-6-9-8(4-5-12-10(9)11)14(13-6)7-2-3-7;1-2/h4-5,7H,2-3H2,1H3;1-2H3. The van der Waals surface area contributed by atoms with Gasteiger partial charge >= 0.3 is 0 Å². The minimum absolute atomic E-state index is 0.562. The Bertz CT molecular complexity index is 500. The van der Waals surface area contributed by atoms with Crippen molar-refractivity contribution >= 4 is 22.5 Å². The van der Waals surface area contributed by atoms with Gasteiger partial charge in [0.2, 0.25) is 0 Å². The van der Waals surface area contributed by atoms with Gasteiger partial charge in [-0.1, -0.05) is 25.4 Å². The first-order valence-electron chi connectivity index (χ1n) is 5.76. The van der Waals surface area contributed by atoms with Crippen molar-refractivity contribution in [3.63, 3.8) is 0 Å². The first-order valence-corrected chi connectivity index (χ1v) is 6.14. The first kappa shape index (κ1) is 11.4. The summed E-state index contributed by atoms with van der Waals surface area (Å²) in [5.41, 5.74) is 2.09. The second-order valence-electron chi connectivity index (χ2n) is 3.76. The van der Waals surface area contributed by atoms with E-state index < -0.39 is 0 Å². The zero-order chi connectivity index (χ0) is 11.7. The summed E-state index contributed by atoms with van der Waals surface area (Å²) in [5, 5.41) is 6.07. The Morgan fingerprint density at radius 1 is 1.38 bits per heavy atom. The van der Waals surface area contributed by atoms with Crippen LogP contribution in [0.25, 0.3) is 10.9 Å². The third kappa shape index (κ3) is 1.80. The molecule has 1 saturated carbocycles. The van der Waals surface area contributed by atoms with Gasteiger partial charge in [-0.25, -0.2) is 4.98 Å². The molecule has 16 heavy (non-hydrogen) atoms. The predicted molar refractivity (Wildman–Crippen MR) is 66.9 cm³/mol. The molecule has 2 aromatic rings. The van der Waals surface area contributed by atoms with Crippen LogP contribution in [0.3, 0.4) is 0 Å². The van der Waals surface area contributed by atoms with Gasteiger partial charge in [0.1, 0.15) is 5.15 Å². The Balaban J connectivity index is 0.000000457. The fourth-order valence-electron chi connectivity index (χ4n) is 1.82. The third-order valence-corrected chi connectivity index (χ3v) is 2.93. The molecule has 3 rings (SSSR count). The average Bonchev–Trinajstić information content (AvgIpc) is 3.08. The Labute approximate surface area is 100 Å². The van der Waals surface area contributed by atoms with Gasteiger partial charge in [0.15, 0.2) is 0 Å². The average molecular weight is 238 g/mol. The molecule has 2 aromatic heterocycles. The van der Waals surface area contributed by atoms with E-state index >= 15 is 0 Å². The lowest BCUT2D eigenvalue weighted by Crippen LogP contribution is -1.95. The summed E-state index contributed by atoms with van der Waals surface area (Å²) in [6.07, 6.45) is 4.21. The number of hydrogen-bond acceptors (Lipinski definition) is 2. The van der Waals surface area contributed by atoms with E-state index in [-0.39, 0.29) is 0 Å². The molecule has 3 nitrogen and oxygen atoms in total. The summed E-state index contributed by atoms with van der Waals surface area (Å²) < 4.78 is 2.08. The third-order valence-electron chi connectivity index (χ3n) is 2.64. The van der Waals surface area contributed by atoms with Crippen LogP contribution in [0.15, 0.2) is 12.3 Å². The van der Waals surface area contributed by atoms with Crippen LogP contribution >= 0.6 is 11.6 Å². The van der Waals surface area contributed by atoms with Crippen LogP contribution in [-0.2, 0) is 0 Å². The van der Waals surface area contributed by atoms with Crippen molar-refractivity contribution in [1.29, 1.82) is 0 Å². The zero-order valence-electron chi connectivity index (χ0n) is 9.87.